The number of hydrogen-bond donors (Lipinski definition) is 0. The fourth-order valence-corrected chi connectivity index (χ4v) is 11.0. The van der Waals surface area contributed by atoms with E-state index in [2.05, 4.69) is 236 Å². The van der Waals surface area contributed by atoms with E-state index in [1.54, 1.807) is 0 Å². The summed E-state index contributed by atoms with van der Waals surface area (Å²) in [6, 6.07) is 67.1. The fourth-order valence-electron chi connectivity index (χ4n) is 11.0. The highest BCUT2D eigenvalue weighted by atomic mass is 15.1. The first-order valence-corrected chi connectivity index (χ1v) is 22.0. The van der Waals surface area contributed by atoms with Gasteiger partial charge in [0.25, 0.3) is 0 Å². The minimum Gasteiger partial charge on any atom is -0.310 e. The van der Waals surface area contributed by atoms with Gasteiger partial charge in [-0.3, -0.25) is 0 Å². The molecule has 3 aliphatic rings. The van der Waals surface area contributed by atoms with Crippen molar-refractivity contribution in [3.05, 3.63) is 220 Å². The van der Waals surface area contributed by atoms with Crippen LogP contribution in [0.15, 0.2) is 176 Å². The molecule has 8 aromatic carbocycles. The van der Waals surface area contributed by atoms with Gasteiger partial charge in [0.15, 0.2) is 0 Å². The molecule has 0 saturated heterocycles. The van der Waals surface area contributed by atoms with Crippen LogP contribution in [0.3, 0.4) is 0 Å². The first kappa shape index (κ1) is 37.6. The van der Waals surface area contributed by atoms with Crippen LogP contribution < -0.4 is 4.90 Å². The summed E-state index contributed by atoms with van der Waals surface area (Å²) in [5.41, 5.74) is 24.3. The van der Waals surface area contributed by atoms with Gasteiger partial charge in [-0.05, 0) is 136 Å². The van der Waals surface area contributed by atoms with Crippen molar-refractivity contribution < 1.29 is 0 Å². The zero-order valence-electron chi connectivity index (χ0n) is 36.7. The molecule has 0 atom stereocenters. The van der Waals surface area contributed by atoms with E-state index in [0.29, 0.717) is 0 Å². The van der Waals surface area contributed by atoms with E-state index >= 15 is 0 Å². The highest BCUT2D eigenvalue weighted by molar-refractivity contribution is 5.97. The van der Waals surface area contributed by atoms with Gasteiger partial charge >= 0.3 is 0 Å². The molecule has 0 aliphatic heterocycles. The standard InChI is InChI=1S/C60H53N/c1-57(2,3)40-25-29-48-49-30-26-41(58(4,5)6)35-56(49)60(55(48)34-40)52-24-15-13-22-46(52)50-36-43(28-32-53(50)60)61(42-20-16-19-39(33-42)38-17-10-9-11-18-38)44-27-31-47-45-21-12-14-23-51(45)59(7,8)54(47)37-44/h9-37H,1-8H3. The molecule has 11 rings (SSSR count). The summed E-state index contributed by atoms with van der Waals surface area (Å²) in [5.74, 6) is 0. The molecule has 8 aromatic rings. The van der Waals surface area contributed by atoms with Crippen molar-refractivity contribution >= 4 is 17.1 Å². The second kappa shape index (κ2) is 13.0. The number of benzene rings is 8. The zero-order valence-corrected chi connectivity index (χ0v) is 36.7. The molecule has 0 unspecified atom stereocenters. The van der Waals surface area contributed by atoms with Crippen LogP contribution >= 0.6 is 0 Å². The van der Waals surface area contributed by atoms with Crippen LogP contribution in [-0.4, -0.2) is 0 Å². The summed E-state index contributed by atoms with van der Waals surface area (Å²) < 4.78 is 0. The van der Waals surface area contributed by atoms with Gasteiger partial charge in [-0.1, -0.05) is 195 Å². The summed E-state index contributed by atoms with van der Waals surface area (Å²) in [6.07, 6.45) is 0. The fraction of sp³-hybridized carbons (Fsp3) is 0.200. The van der Waals surface area contributed by atoms with Crippen molar-refractivity contribution in [2.45, 2.75) is 77.0 Å². The summed E-state index contributed by atoms with van der Waals surface area (Å²) in [7, 11) is 0. The summed E-state index contributed by atoms with van der Waals surface area (Å²) in [6.45, 7) is 18.8. The predicted octanol–water partition coefficient (Wildman–Crippen LogP) is 16.1. The van der Waals surface area contributed by atoms with Crippen LogP contribution in [0.5, 0.6) is 0 Å². The van der Waals surface area contributed by atoms with Crippen LogP contribution in [0.1, 0.15) is 99.9 Å². The van der Waals surface area contributed by atoms with Crippen LogP contribution in [0.25, 0.3) is 44.5 Å². The Morgan fingerprint density at radius 1 is 0.328 bits per heavy atom. The van der Waals surface area contributed by atoms with Gasteiger partial charge in [0.05, 0.1) is 5.41 Å². The first-order chi connectivity index (χ1) is 29.3. The second-order valence-electron chi connectivity index (χ2n) is 20.2. The minimum absolute atomic E-state index is 0.00690. The van der Waals surface area contributed by atoms with Crippen molar-refractivity contribution in [3.8, 4) is 44.5 Å². The molecule has 0 N–H and O–H groups in total. The van der Waals surface area contributed by atoms with Crippen LogP contribution in [0.2, 0.25) is 0 Å². The van der Waals surface area contributed by atoms with E-state index in [-0.39, 0.29) is 16.2 Å². The van der Waals surface area contributed by atoms with Gasteiger partial charge < -0.3 is 4.90 Å². The Kier molecular flexibility index (Phi) is 8.02. The highest BCUT2D eigenvalue weighted by Gasteiger charge is 2.52. The molecule has 61 heavy (non-hydrogen) atoms. The largest absolute Gasteiger partial charge is 0.310 e. The molecular formula is C60H53N. The minimum atomic E-state index is -0.445. The lowest BCUT2D eigenvalue weighted by atomic mass is 9.69. The van der Waals surface area contributed by atoms with Gasteiger partial charge in [-0.2, -0.15) is 0 Å². The number of hydrogen-bond acceptors (Lipinski definition) is 1. The Bertz CT molecular complexity index is 3010. The SMILES string of the molecule is CC(C)(C)c1ccc2c(c1)C1(c3ccccc3-c3cc(N(c4cccc(-c5ccccc5)c4)c4ccc5c(c4)C(C)(C)c4ccccc4-5)ccc31)c1cc(C(C)(C)C)ccc1-2. The van der Waals surface area contributed by atoms with Crippen molar-refractivity contribution in [2.24, 2.45) is 0 Å². The first-order valence-electron chi connectivity index (χ1n) is 22.0. The normalized spacial score (nSPS) is 14.8. The molecule has 0 radical (unpaired) electrons. The van der Waals surface area contributed by atoms with Crippen LogP contribution in [0, 0.1) is 0 Å². The Morgan fingerprint density at radius 2 is 0.803 bits per heavy atom. The number of nitrogens with zero attached hydrogens (tertiary/aromatic N) is 1. The Hall–Kier alpha value is -6.44. The molecule has 0 saturated carbocycles. The Morgan fingerprint density at radius 3 is 1.46 bits per heavy atom. The third-order valence-electron chi connectivity index (χ3n) is 14.2. The van der Waals surface area contributed by atoms with E-state index in [4.69, 9.17) is 0 Å². The van der Waals surface area contributed by atoms with Crippen molar-refractivity contribution in [1.29, 1.82) is 0 Å². The van der Waals surface area contributed by atoms with Crippen molar-refractivity contribution in [2.75, 3.05) is 4.90 Å². The average molecular weight is 788 g/mol. The van der Waals surface area contributed by atoms with E-state index in [0.717, 1.165) is 17.1 Å². The van der Waals surface area contributed by atoms with E-state index in [1.807, 2.05) is 0 Å². The lowest BCUT2D eigenvalue weighted by Crippen LogP contribution is -2.27. The third kappa shape index (κ3) is 5.46. The van der Waals surface area contributed by atoms with Crippen molar-refractivity contribution in [1.82, 2.24) is 0 Å². The molecule has 1 heteroatoms. The number of fused-ring (bicyclic) bond motifs is 13. The third-order valence-corrected chi connectivity index (χ3v) is 14.2. The van der Waals surface area contributed by atoms with Gasteiger partial charge in [-0.15, -0.1) is 0 Å². The maximum Gasteiger partial charge on any atom is 0.0725 e. The van der Waals surface area contributed by atoms with Gasteiger partial charge in [0.1, 0.15) is 0 Å². The molecule has 0 bridgehead atoms. The molecule has 0 heterocycles. The van der Waals surface area contributed by atoms with E-state index in [9.17, 15) is 0 Å². The summed E-state index contributed by atoms with van der Waals surface area (Å²) in [4.78, 5) is 2.49. The smallest absolute Gasteiger partial charge is 0.0725 e. The summed E-state index contributed by atoms with van der Waals surface area (Å²) >= 11 is 0. The molecule has 0 aromatic heterocycles. The van der Waals surface area contributed by atoms with E-state index in [1.165, 1.54) is 89.0 Å². The molecular weight excluding hydrogens is 735 g/mol. The molecule has 1 spiro atoms. The second-order valence-corrected chi connectivity index (χ2v) is 20.2. The maximum absolute atomic E-state index is 2.54. The van der Waals surface area contributed by atoms with Gasteiger partial charge in [-0.25, -0.2) is 0 Å². The van der Waals surface area contributed by atoms with Gasteiger partial charge in [0.2, 0.25) is 0 Å². The van der Waals surface area contributed by atoms with Gasteiger partial charge in [0, 0.05) is 22.5 Å². The predicted molar refractivity (Wildman–Crippen MR) is 258 cm³/mol. The molecule has 0 amide bonds. The van der Waals surface area contributed by atoms with Crippen molar-refractivity contribution in [3.63, 3.8) is 0 Å². The maximum atomic E-state index is 2.54. The average Bonchev–Trinajstić information content (AvgIpc) is 3.81. The van der Waals surface area contributed by atoms with Crippen LogP contribution in [0.4, 0.5) is 17.1 Å². The Balaban J connectivity index is 1.17. The zero-order chi connectivity index (χ0) is 42.1. The topological polar surface area (TPSA) is 3.24 Å². The lowest BCUT2D eigenvalue weighted by molar-refractivity contribution is 0.586. The summed E-state index contributed by atoms with van der Waals surface area (Å²) in [5, 5.41) is 0. The van der Waals surface area contributed by atoms with Crippen LogP contribution in [-0.2, 0) is 21.7 Å². The quantitative estimate of drug-likeness (QED) is 0.172. The number of anilines is 3. The Labute approximate surface area is 362 Å². The molecule has 3 aliphatic carbocycles. The molecule has 298 valence electrons. The highest BCUT2D eigenvalue weighted by Crippen LogP contribution is 2.64. The monoisotopic (exact) mass is 787 g/mol. The van der Waals surface area contributed by atoms with E-state index < -0.39 is 5.41 Å². The lowest BCUT2D eigenvalue weighted by Gasteiger charge is -2.33. The number of rotatable bonds is 4. The molecule has 1 nitrogen and oxygen atoms in total. The molecule has 0 fully saturated rings.